The SMILES string of the molecule is CN=C(NCCc1nc(C)no1)NCCc1ccc(F)cc1C.I. The number of aryl methyl sites for hydroxylation is 2. The number of rotatable bonds is 6. The molecule has 1 heterocycles. The minimum Gasteiger partial charge on any atom is -0.356 e. The molecule has 8 heteroatoms. The number of guanidine groups is 1. The number of hydrogen-bond donors (Lipinski definition) is 2. The van der Waals surface area contributed by atoms with E-state index in [1.165, 1.54) is 6.07 Å². The van der Waals surface area contributed by atoms with E-state index < -0.39 is 0 Å². The molecular formula is C16H23FIN5O. The summed E-state index contributed by atoms with van der Waals surface area (Å²) in [6.07, 6.45) is 1.44. The minimum absolute atomic E-state index is 0. The Balaban J connectivity index is 0.00000288. The molecule has 0 bridgehead atoms. The summed E-state index contributed by atoms with van der Waals surface area (Å²) in [5, 5.41) is 10.2. The third-order valence-electron chi connectivity index (χ3n) is 3.42. The van der Waals surface area contributed by atoms with Gasteiger partial charge in [-0.1, -0.05) is 11.2 Å². The fourth-order valence-electron chi connectivity index (χ4n) is 2.21. The van der Waals surface area contributed by atoms with Gasteiger partial charge in [-0.3, -0.25) is 4.99 Å². The number of aliphatic imine (C=N–C) groups is 1. The number of hydrogen-bond acceptors (Lipinski definition) is 4. The van der Waals surface area contributed by atoms with Gasteiger partial charge in [-0.2, -0.15) is 4.98 Å². The molecule has 0 unspecified atom stereocenters. The van der Waals surface area contributed by atoms with Gasteiger partial charge in [-0.25, -0.2) is 4.39 Å². The normalized spacial score (nSPS) is 11.1. The van der Waals surface area contributed by atoms with Crippen LogP contribution < -0.4 is 10.6 Å². The Morgan fingerprint density at radius 3 is 2.50 bits per heavy atom. The van der Waals surface area contributed by atoms with E-state index in [9.17, 15) is 4.39 Å². The van der Waals surface area contributed by atoms with Crippen molar-refractivity contribution < 1.29 is 8.91 Å². The van der Waals surface area contributed by atoms with Crippen LogP contribution in [0.1, 0.15) is 22.8 Å². The van der Waals surface area contributed by atoms with Gasteiger partial charge in [0.05, 0.1) is 0 Å². The van der Waals surface area contributed by atoms with Crippen LogP contribution in [0.5, 0.6) is 0 Å². The molecule has 2 aromatic rings. The molecule has 1 aromatic heterocycles. The van der Waals surface area contributed by atoms with Gasteiger partial charge in [-0.05, 0) is 43.5 Å². The van der Waals surface area contributed by atoms with Crippen molar-refractivity contribution in [1.29, 1.82) is 0 Å². The van der Waals surface area contributed by atoms with Crippen LogP contribution >= 0.6 is 24.0 Å². The van der Waals surface area contributed by atoms with Crippen molar-refractivity contribution >= 4 is 29.9 Å². The molecule has 1 aromatic carbocycles. The van der Waals surface area contributed by atoms with Crippen molar-refractivity contribution in [3.8, 4) is 0 Å². The monoisotopic (exact) mass is 447 g/mol. The molecule has 132 valence electrons. The van der Waals surface area contributed by atoms with E-state index in [-0.39, 0.29) is 29.8 Å². The molecule has 0 saturated heterocycles. The lowest BCUT2D eigenvalue weighted by Crippen LogP contribution is -2.39. The van der Waals surface area contributed by atoms with Gasteiger partial charge in [0.1, 0.15) is 5.82 Å². The summed E-state index contributed by atoms with van der Waals surface area (Å²) in [6, 6.07) is 4.86. The van der Waals surface area contributed by atoms with Gasteiger partial charge in [0.15, 0.2) is 11.8 Å². The molecule has 0 spiro atoms. The van der Waals surface area contributed by atoms with Crippen LogP contribution in [0.4, 0.5) is 4.39 Å². The van der Waals surface area contributed by atoms with E-state index in [1.54, 1.807) is 20.0 Å². The topological polar surface area (TPSA) is 75.3 Å². The highest BCUT2D eigenvalue weighted by atomic mass is 127. The average molecular weight is 447 g/mol. The zero-order valence-corrected chi connectivity index (χ0v) is 16.4. The first kappa shape index (κ1) is 20.3. The highest BCUT2D eigenvalue weighted by Gasteiger charge is 2.04. The fraction of sp³-hybridized carbons (Fsp3) is 0.438. The van der Waals surface area contributed by atoms with Crippen LogP contribution in [0.3, 0.4) is 0 Å². The molecule has 6 nitrogen and oxygen atoms in total. The maximum Gasteiger partial charge on any atom is 0.228 e. The van der Waals surface area contributed by atoms with E-state index in [0.29, 0.717) is 37.2 Å². The van der Waals surface area contributed by atoms with Crippen LogP contribution in [0.2, 0.25) is 0 Å². The minimum atomic E-state index is -0.201. The summed E-state index contributed by atoms with van der Waals surface area (Å²) in [5.74, 6) is 1.75. The summed E-state index contributed by atoms with van der Waals surface area (Å²) in [5.41, 5.74) is 2.08. The second kappa shape index (κ2) is 10.2. The Kier molecular flexibility index (Phi) is 8.66. The van der Waals surface area contributed by atoms with Crippen LogP contribution in [0.15, 0.2) is 27.7 Å². The Labute approximate surface area is 158 Å². The van der Waals surface area contributed by atoms with Crippen LogP contribution in [0, 0.1) is 19.7 Å². The van der Waals surface area contributed by atoms with Crippen molar-refractivity contribution in [2.45, 2.75) is 26.7 Å². The molecule has 0 atom stereocenters. The second-order valence-electron chi connectivity index (χ2n) is 5.23. The average Bonchev–Trinajstić information content (AvgIpc) is 2.93. The Morgan fingerprint density at radius 2 is 1.92 bits per heavy atom. The van der Waals surface area contributed by atoms with E-state index in [0.717, 1.165) is 17.5 Å². The Hall–Kier alpha value is -1.71. The summed E-state index contributed by atoms with van der Waals surface area (Å²) < 4.78 is 18.1. The van der Waals surface area contributed by atoms with Gasteiger partial charge in [0.25, 0.3) is 0 Å². The van der Waals surface area contributed by atoms with Crippen LogP contribution in [-0.4, -0.2) is 36.2 Å². The molecule has 24 heavy (non-hydrogen) atoms. The number of nitrogens with one attached hydrogen (secondary N) is 2. The third-order valence-corrected chi connectivity index (χ3v) is 3.42. The van der Waals surface area contributed by atoms with Crippen molar-refractivity contribution in [2.75, 3.05) is 20.1 Å². The molecular weight excluding hydrogens is 424 g/mol. The summed E-state index contributed by atoms with van der Waals surface area (Å²) >= 11 is 0. The lowest BCUT2D eigenvalue weighted by molar-refractivity contribution is 0.374. The fourth-order valence-corrected chi connectivity index (χ4v) is 2.21. The van der Waals surface area contributed by atoms with Gasteiger partial charge < -0.3 is 15.2 Å². The van der Waals surface area contributed by atoms with Crippen LogP contribution in [0.25, 0.3) is 0 Å². The maximum absolute atomic E-state index is 13.1. The molecule has 0 aliphatic rings. The molecule has 0 amide bonds. The van der Waals surface area contributed by atoms with Crippen molar-refractivity contribution in [1.82, 2.24) is 20.8 Å². The zero-order valence-electron chi connectivity index (χ0n) is 14.1. The van der Waals surface area contributed by atoms with Gasteiger partial charge in [0.2, 0.25) is 5.89 Å². The molecule has 0 fully saturated rings. The van der Waals surface area contributed by atoms with Crippen molar-refractivity contribution in [2.24, 2.45) is 4.99 Å². The first-order valence-corrected chi connectivity index (χ1v) is 7.57. The first-order valence-electron chi connectivity index (χ1n) is 7.57. The molecule has 0 aliphatic carbocycles. The van der Waals surface area contributed by atoms with Gasteiger partial charge >= 0.3 is 0 Å². The number of nitrogens with zero attached hydrogens (tertiary/aromatic N) is 3. The van der Waals surface area contributed by atoms with Crippen molar-refractivity contribution in [3.05, 3.63) is 46.9 Å². The molecule has 2 rings (SSSR count). The second-order valence-corrected chi connectivity index (χ2v) is 5.23. The van der Waals surface area contributed by atoms with Gasteiger partial charge in [-0.15, -0.1) is 24.0 Å². The highest BCUT2D eigenvalue weighted by molar-refractivity contribution is 14.0. The standard InChI is InChI=1S/C16H22FN5O.HI/c1-11-10-14(17)5-4-13(11)6-8-19-16(18-3)20-9-7-15-21-12(2)22-23-15;/h4-5,10H,6-9H2,1-3H3,(H2,18,19,20);1H. The number of halogens is 2. The van der Waals surface area contributed by atoms with Gasteiger partial charge in [0, 0.05) is 26.6 Å². The molecule has 0 aliphatic heterocycles. The van der Waals surface area contributed by atoms with Crippen molar-refractivity contribution in [3.63, 3.8) is 0 Å². The van der Waals surface area contributed by atoms with E-state index in [2.05, 4.69) is 25.8 Å². The predicted molar refractivity (Wildman–Crippen MR) is 102 cm³/mol. The largest absolute Gasteiger partial charge is 0.356 e. The molecule has 0 radical (unpaired) electrons. The number of aromatic nitrogens is 2. The lowest BCUT2D eigenvalue weighted by atomic mass is 10.1. The number of benzene rings is 1. The quantitative estimate of drug-likeness (QED) is 0.404. The Morgan fingerprint density at radius 1 is 1.21 bits per heavy atom. The predicted octanol–water partition coefficient (Wildman–Crippen LogP) is 2.39. The summed E-state index contributed by atoms with van der Waals surface area (Å²) in [6.45, 7) is 5.07. The lowest BCUT2D eigenvalue weighted by Gasteiger charge is -2.12. The smallest absolute Gasteiger partial charge is 0.228 e. The van der Waals surface area contributed by atoms with E-state index in [1.807, 2.05) is 13.0 Å². The first-order chi connectivity index (χ1) is 11.1. The van der Waals surface area contributed by atoms with E-state index >= 15 is 0 Å². The third kappa shape index (κ3) is 6.42. The summed E-state index contributed by atoms with van der Waals surface area (Å²) in [7, 11) is 1.72. The van der Waals surface area contributed by atoms with Crippen LogP contribution in [-0.2, 0) is 12.8 Å². The molecule has 0 saturated carbocycles. The maximum atomic E-state index is 13.1. The Bertz CT molecular complexity index is 674. The molecule has 2 N–H and O–H groups in total. The summed E-state index contributed by atoms with van der Waals surface area (Å²) in [4.78, 5) is 8.30. The zero-order chi connectivity index (χ0) is 16.7. The van der Waals surface area contributed by atoms with E-state index in [4.69, 9.17) is 4.52 Å². The highest BCUT2D eigenvalue weighted by Crippen LogP contribution is 2.10.